The minimum atomic E-state index is -2.86. The van der Waals surface area contributed by atoms with Gasteiger partial charge < -0.3 is 15.0 Å². The summed E-state index contributed by atoms with van der Waals surface area (Å²) < 4.78 is 27.4. The summed E-state index contributed by atoms with van der Waals surface area (Å²) in [5, 5.41) is 3.24. The van der Waals surface area contributed by atoms with Crippen LogP contribution < -0.4 is 5.32 Å². The van der Waals surface area contributed by atoms with Crippen molar-refractivity contribution >= 4 is 9.84 Å². The van der Waals surface area contributed by atoms with E-state index in [-0.39, 0.29) is 11.9 Å². The number of likely N-dealkylation sites (N-methyl/N-ethyl adjacent to an activating group) is 1. The molecule has 90 valence electrons. The summed E-state index contributed by atoms with van der Waals surface area (Å²) in [6, 6.07) is 0. The van der Waals surface area contributed by atoms with E-state index in [1.54, 1.807) is 0 Å². The minimum absolute atomic E-state index is 0.184. The van der Waals surface area contributed by atoms with Gasteiger partial charge in [-0.1, -0.05) is 0 Å². The van der Waals surface area contributed by atoms with Gasteiger partial charge >= 0.3 is 0 Å². The first-order valence-corrected chi connectivity index (χ1v) is 7.22. The topological polar surface area (TPSA) is 58.6 Å². The first-order chi connectivity index (χ1) is 6.97. The number of morpholine rings is 1. The van der Waals surface area contributed by atoms with Gasteiger partial charge in [0.25, 0.3) is 0 Å². The summed E-state index contributed by atoms with van der Waals surface area (Å²) >= 11 is 0. The molecule has 0 amide bonds. The molecule has 0 bridgehead atoms. The molecule has 1 unspecified atom stereocenters. The number of sulfone groups is 1. The fraction of sp³-hybridized carbons (Fsp3) is 1.00. The Morgan fingerprint density at radius 2 is 2.27 bits per heavy atom. The van der Waals surface area contributed by atoms with Gasteiger partial charge in [-0.15, -0.1) is 0 Å². The second kappa shape index (κ2) is 5.79. The zero-order valence-electron chi connectivity index (χ0n) is 9.40. The molecule has 0 spiro atoms. The molecular formula is C9H20N2O3S. The van der Waals surface area contributed by atoms with Crippen molar-refractivity contribution in [2.75, 3.05) is 51.8 Å². The van der Waals surface area contributed by atoms with E-state index in [0.717, 1.165) is 26.2 Å². The predicted molar refractivity (Wildman–Crippen MR) is 59.8 cm³/mol. The summed E-state index contributed by atoms with van der Waals surface area (Å²) in [5.41, 5.74) is 0. The van der Waals surface area contributed by atoms with Crippen LogP contribution in [0.2, 0.25) is 0 Å². The van der Waals surface area contributed by atoms with E-state index in [1.165, 1.54) is 6.26 Å². The molecule has 1 aliphatic rings. The average Bonchev–Trinajstić information content (AvgIpc) is 2.15. The number of nitrogens with zero attached hydrogens (tertiary/aromatic N) is 1. The largest absolute Gasteiger partial charge is 0.374 e. The smallest absolute Gasteiger partial charge is 0.148 e. The Bertz CT molecular complexity index is 273. The van der Waals surface area contributed by atoms with E-state index < -0.39 is 9.84 Å². The Kier molecular flexibility index (Phi) is 4.98. The number of hydrogen-bond donors (Lipinski definition) is 1. The molecule has 15 heavy (non-hydrogen) atoms. The maximum Gasteiger partial charge on any atom is 0.148 e. The van der Waals surface area contributed by atoms with Crippen LogP contribution in [-0.4, -0.2) is 71.3 Å². The van der Waals surface area contributed by atoms with Gasteiger partial charge in [-0.05, 0) is 7.05 Å². The third-order valence-corrected chi connectivity index (χ3v) is 3.29. The highest BCUT2D eigenvalue weighted by atomic mass is 32.2. The third kappa shape index (κ3) is 6.09. The molecule has 1 heterocycles. The molecule has 0 aromatic heterocycles. The minimum Gasteiger partial charge on any atom is -0.374 e. The van der Waals surface area contributed by atoms with Crippen molar-refractivity contribution in [1.82, 2.24) is 10.2 Å². The van der Waals surface area contributed by atoms with E-state index in [0.29, 0.717) is 6.54 Å². The number of nitrogens with one attached hydrogen (secondary N) is 1. The molecule has 0 aliphatic carbocycles. The molecule has 1 saturated heterocycles. The van der Waals surface area contributed by atoms with Crippen molar-refractivity contribution in [3.05, 3.63) is 0 Å². The maximum atomic E-state index is 11.0. The summed E-state index contributed by atoms with van der Waals surface area (Å²) in [4.78, 5) is 2.00. The Morgan fingerprint density at radius 1 is 1.53 bits per heavy atom. The molecule has 5 nitrogen and oxygen atoms in total. The van der Waals surface area contributed by atoms with Crippen LogP contribution in [0.5, 0.6) is 0 Å². The molecule has 1 N–H and O–H groups in total. The number of hydrogen-bond acceptors (Lipinski definition) is 5. The molecule has 0 aromatic rings. The van der Waals surface area contributed by atoms with Crippen molar-refractivity contribution in [3.63, 3.8) is 0 Å². The summed E-state index contributed by atoms with van der Waals surface area (Å²) in [6.07, 6.45) is 1.45. The Hall–Kier alpha value is -0.170. The van der Waals surface area contributed by atoms with Crippen molar-refractivity contribution in [2.45, 2.75) is 6.10 Å². The average molecular weight is 236 g/mol. The van der Waals surface area contributed by atoms with E-state index >= 15 is 0 Å². The van der Waals surface area contributed by atoms with Gasteiger partial charge in [0.15, 0.2) is 0 Å². The maximum absolute atomic E-state index is 11.0. The number of ether oxygens (including phenoxy) is 1. The highest BCUT2D eigenvalue weighted by molar-refractivity contribution is 7.90. The Morgan fingerprint density at radius 3 is 2.80 bits per heavy atom. The van der Waals surface area contributed by atoms with Crippen LogP contribution in [0.25, 0.3) is 0 Å². The molecule has 1 fully saturated rings. The molecule has 1 atom stereocenters. The van der Waals surface area contributed by atoms with E-state index in [1.807, 2.05) is 11.9 Å². The molecule has 1 rings (SSSR count). The zero-order chi connectivity index (χ0) is 11.3. The standard InChI is InChI=1S/C9H20N2O3S/c1-11(4-6-15(2,12)13)8-9-7-10-3-5-14-9/h9-10H,3-8H2,1-2H3. The lowest BCUT2D eigenvalue weighted by Gasteiger charge is -2.27. The van der Waals surface area contributed by atoms with Gasteiger partial charge in [-0.2, -0.15) is 0 Å². The third-order valence-electron chi connectivity index (χ3n) is 2.36. The molecular weight excluding hydrogens is 216 g/mol. The number of rotatable bonds is 5. The normalized spacial score (nSPS) is 23.3. The molecule has 0 radical (unpaired) electrons. The summed E-state index contributed by atoms with van der Waals surface area (Å²) in [7, 11) is -0.938. The SMILES string of the molecule is CN(CCS(C)(=O)=O)CC1CNCCO1. The lowest BCUT2D eigenvalue weighted by Crippen LogP contribution is -2.45. The van der Waals surface area contributed by atoms with Gasteiger partial charge in [0.05, 0.1) is 18.5 Å². The Labute approximate surface area is 91.7 Å². The van der Waals surface area contributed by atoms with Crippen LogP contribution in [0.3, 0.4) is 0 Å². The van der Waals surface area contributed by atoms with Crippen LogP contribution in [-0.2, 0) is 14.6 Å². The fourth-order valence-corrected chi connectivity index (χ4v) is 2.14. The van der Waals surface area contributed by atoms with Gasteiger partial charge in [0.1, 0.15) is 9.84 Å². The monoisotopic (exact) mass is 236 g/mol. The van der Waals surface area contributed by atoms with E-state index in [4.69, 9.17) is 4.74 Å². The first-order valence-electron chi connectivity index (χ1n) is 5.16. The lowest BCUT2D eigenvalue weighted by atomic mass is 10.3. The predicted octanol–water partition coefficient (Wildman–Crippen LogP) is -1.05. The second-order valence-corrected chi connectivity index (χ2v) is 6.35. The van der Waals surface area contributed by atoms with Crippen LogP contribution in [0.4, 0.5) is 0 Å². The second-order valence-electron chi connectivity index (χ2n) is 4.09. The lowest BCUT2D eigenvalue weighted by molar-refractivity contribution is 0.0110. The van der Waals surface area contributed by atoms with Crippen LogP contribution in [0.1, 0.15) is 0 Å². The van der Waals surface area contributed by atoms with Gasteiger partial charge in [0.2, 0.25) is 0 Å². The quantitative estimate of drug-likeness (QED) is 0.660. The summed E-state index contributed by atoms with van der Waals surface area (Å²) in [5.74, 6) is 0.212. The van der Waals surface area contributed by atoms with Gasteiger partial charge in [-0.25, -0.2) is 8.42 Å². The first kappa shape index (κ1) is 12.9. The van der Waals surface area contributed by atoms with Crippen molar-refractivity contribution in [1.29, 1.82) is 0 Å². The molecule has 1 aliphatic heterocycles. The zero-order valence-corrected chi connectivity index (χ0v) is 10.2. The summed E-state index contributed by atoms with van der Waals surface area (Å²) in [6.45, 7) is 3.85. The van der Waals surface area contributed by atoms with Crippen LogP contribution in [0.15, 0.2) is 0 Å². The van der Waals surface area contributed by atoms with Crippen molar-refractivity contribution < 1.29 is 13.2 Å². The molecule has 0 aromatic carbocycles. The molecule has 0 saturated carbocycles. The Balaban J connectivity index is 2.20. The van der Waals surface area contributed by atoms with Crippen LogP contribution in [0, 0.1) is 0 Å². The fourth-order valence-electron chi connectivity index (χ4n) is 1.50. The van der Waals surface area contributed by atoms with E-state index in [2.05, 4.69) is 5.32 Å². The van der Waals surface area contributed by atoms with Gasteiger partial charge in [0, 0.05) is 32.4 Å². The van der Waals surface area contributed by atoms with Crippen LogP contribution >= 0.6 is 0 Å². The van der Waals surface area contributed by atoms with Crippen molar-refractivity contribution in [3.8, 4) is 0 Å². The van der Waals surface area contributed by atoms with Crippen molar-refractivity contribution in [2.24, 2.45) is 0 Å². The highest BCUT2D eigenvalue weighted by Gasteiger charge is 2.15. The van der Waals surface area contributed by atoms with E-state index in [9.17, 15) is 8.42 Å². The molecule has 6 heteroatoms. The van der Waals surface area contributed by atoms with Gasteiger partial charge in [-0.3, -0.25) is 0 Å². The highest BCUT2D eigenvalue weighted by Crippen LogP contribution is 1.98.